The van der Waals surface area contributed by atoms with Gasteiger partial charge in [0.1, 0.15) is 41.1 Å². The van der Waals surface area contributed by atoms with Gasteiger partial charge in [-0.05, 0) is 32.1 Å². The van der Waals surface area contributed by atoms with E-state index in [1.807, 2.05) is 13.8 Å². The van der Waals surface area contributed by atoms with E-state index in [2.05, 4.69) is 21.9 Å². The van der Waals surface area contributed by atoms with E-state index in [-0.39, 0.29) is 70.8 Å². The summed E-state index contributed by atoms with van der Waals surface area (Å²) in [7, 11) is 0. The molecule has 37 heavy (non-hydrogen) atoms. The van der Waals surface area contributed by atoms with Crippen LogP contribution in [-0.4, -0.2) is 82.2 Å². The number of hydrogen-bond acceptors (Lipinski definition) is 8. The minimum Gasteiger partial charge on any atom is -0.507 e. The van der Waals surface area contributed by atoms with Gasteiger partial charge in [0.25, 0.3) is 11.9 Å². The summed E-state index contributed by atoms with van der Waals surface area (Å²) in [6.45, 7) is 8.42. The van der Waals surface area contributed by atoms with Crippen molar-refractivity contribution in [3.8, 4) is 22.8 Å². The number of pyridine rings is 1. The number of aliphatic imine (C=N–C) groups is 1. The number of anilines is 1. The first kappa shape index (κ1) is 24.8. The summed E-state index contributed by atoms with van der Waals surface area (Å²) < 4.78 is 26.5. The quantitative estimate of drug-likeness (QED) is 0.587. The van der Waals surface area contributed by atoms with E-state index in [9.17, 15) is 19.1 Å². The number of rotatable bonds is 3. The molecule has 5 rings (SSSR count). The van der Waals surface area contributed by atoms with E-state index in [0.29, 0.717) is 13.2 Å². The third kappa shape index (κ3) is 4.43. The van der Waals surface area contributed by atoms with Crippen molar-refractivity contribution in [3.63, 3.8) is 0 Å². The highest BCUT2D eigenvalue weighted by Gasteiger charge is 2.40. The topological polar surface area (TPSA) is 117 Å². The fourth-order valence-corrected chi connectivity index (χ4v) is 4.83. The predicted molar refractivity (Wildman–Crippen MR) is 134 cm³/mol. The number of amidine groups is 1. The third-order valence-corrected chi connectivity index (χ3v) is 6.73. The molecule has 2 amide bonds. The summed E-state index contributed by atoms with van der Waals surface area (Å²) in [4.78, 5) is 38.2. The number of phenolic OH excluding ortho intramolecular Hbond substituents is 1. The molecule has 0 radical (unpaired) electrons. The highest BCUT2D eigenvalue weighted by atomic mass is 35.5. The van der Waals surface area contributed by atoms with Gasteiger partial charge in [-0.25, -0.2) is 14.4 Å². The number of phenols is 1. The maximum Gasteiger partial charge on any atom is 0.291 e. The van der Waals surface area contributed by atoms with Gasteiger partial charge in [-0.2, -0.15) is 0 Å². The maximum atomic E-state index is 14.8. The zero-order chi connectivity index (χ0) is 26.5. The number of aromatic nitrogens is 1. The lowest BCUT2D eigenvalue weighted by Gasteiger charge is -2.39. The van der Waals surface area contributed by atoms with E-state index in [4.69, 9.17) is 21.1 Å². The SMILES string of the molecule is C=CC(=O)N1CCN2C(=O)c3c(NC4=NC(C)(C)CO4)nc(-c4c(O)cccc4F)c(Cl)c3OC[C@H]2C1. The van der Waals surface area contributed by atoms with Crippen molar-refractivity contribution >= 4 is 35.3 Å². The Morgan fingerprint density at radius 3 is 2.78 bits per heavy atom. The molecule has 0 bridgehead atoms. The van der Waals surface area contributed by atoms with Crippen molar-refractivity contribution < 1.29 is 28.6 Å². The number of halogens is 2. The van der Waals surface area contributed by atoms with Crippen LogP contribution < -0.4 is 10.1 Å². The molecule has 0 unspecified atom stereocenters. The van der Waals surface area contributed by atoms with Crippen LogP contribution in [0.3, 0.4) is 0 Å². The van der Waals surface area contributed by atoms with Gasteiger partial charge < -0.3 is 24.4 Å². The summed E-state index contributed by atoms with van der Waals surface area (Å²) in [5.41, 5.74) is -0.842. The highest BCUT2D eigenvalue weighted by molar-refractivity contribution is 6.35. The van der Waals surface area contributed by atoms with Crippen molar-refractivity contribution in [1.29, 1.82) is 0 Å². The molecular formula is C25H25ClFN5O5. The van der Waals surface area contributed by atoms with Crippen molar-refractivity contribution in [1.82, 2.24) is 14.8 Å². The fraction of sp³-hybridized carbons (Fsp3) is 0.360. The van der Waals surface area contributed by atoms with Crippen LogP contribution in [0.1, 0.15) is 24.2 Å². The Hall–Kier alpha value is -3.86. The van der Waals surface area contributed by atoms with Gasteiger partial charge in [-0.3, -0.25) is 14.9 Å². The van der Waals surface area contributed by atoms with Crippen LogP contribution in [0.25, 0.3) is 11.3 Å². The van der Waals surface area contributed by atoms with E-state index < -0.39 is 23.3 Å². The first-order valence-electron chi connectivity index (χ1n) is 11.7. The normalized spacial score (nSPS) is 20.2. The van der Waals surface area contributed by atoms with Crippen LogP contribution >= 0.6 is 11.6 Å². The lowest BCUT2D eigenvalue weighted by atomic mass is 10.1. The Kier molecular flexibility index (Phi) is 6.18. The molecule has 2 N–H and O–H groups in total. The molecule has 1 saturated heterocycles. The smallest absolute Gasteiger partial charge is 0.291 e. The fourth-order valence-electron chi connectivity index (χ4n) is 4.55. The number of piperazine rings is 1. The second kappa shape index (κ2) is 9.22. The average Bonchev–Trinajstić information content (AvgIpc) is 3.13. The summed E-state index contributed by atoms with van der Waals surface area (Å²) >= 11 is 6.67. The van der Waals surface area contributed by atoms with Gasteiger partial charge in [-0.15, -0.1) is 0 Å². The minimum atomic E-state index is -0.758. The monoisotopic (exact) mass is 529 g/mol. The summed E-state index contributed by atoms with van der Waals surface area (Å²) in [5.74, 6) is -1.84. The molecule has 0 saturated carbocycles. The Bertz CT molecular complexity index is 1330. The van der Waals surface area contributed by atoms with E-state index in [1.165, 1.54) is 18.2 Å². The third-order valence-electron chi connectivity index (χ3n) is 6.38. The van der Waals surface area contributed by atoms with Crippen LogP contribution in [0.4, 0.5) is 10.2 Å². The molecule has 3 aliphatic heterocycles. The lowest BCUT2D eigenvalue weighted by molar-refractivity contribution is -0.128. The number of nitrogens with zero attached hydrogens (tertiary/aromatic N) is 4. The molecule has 1 aromatic heterocycles. The second-order valence-electron chi connectivity index (χ2n) is 9.56. The van der Waals surface area contributed by atoms with Crippen LogP contribution in [0.15, 0.2) is 35.8 Å². The van der Waals surface area contributed by atoms with Crippen molar-refractivity contribution in [3.05, 3.63) is 47.3 Å². The second-order valence-corrected chi connectivity index (χ2v) is 9.93. The van der Waals surface area contributed by atoms with E-state index in [0.717, 1.165) is 6.07 Å². The van der Waals surface area contributed by atoms with Crippen molar-refractivity contribution in [2.75, 3.05) is 38.2 Å². The molecule has 0 spiro atoms. The average molecular weight is 530 g/mol. The lowest BCUT2D eigenvalue weighted by Crippen LogP contribution is -2.57. The number of carbonyl (C=O) groups excluding carboxylic acids is 2. The van der Waals surface area contributed by atoms with Gasteiger partial charge in [0.05, 0.1) is 17.1 Å². The molecule has 2 aromatic rings. The molecule has 10 nitrogen and oxygen atoms in total. The number of amides is 2. The number of ether oxygens (including phenoxy) is 2. The molecule has 4 heterocycles. The van der Waals surface area contributed by atoms with Gasteiger partial charge in [0.2, 0.25) is 5.91 Å². The number of carbonyl (C=O) groups is 2. The molecule has 1 atom stereocenters. The molecule has 1 aromatic carbocycles. The number of hydrogen-bond donors (Lipinski definition) is 2. The Balaban J connectivity index is 1.64. The molecular weight excluding hydrogens is 505 g/mol. The van der Waals surface area contributed by atoms with Gasteiger partial charge in [0.15, 0.2) is 11.6 Å². The van der Waals surface area contributed by atoms with Crippen molar-refractivity contribution in [2.45, 2.75) is 25.4 Å². The standard InChI is InChI=1S/C25H25ClFN5O5/c1-4-16(34)31-8-9-32-13(10-31)11-36-21-18(23(32)35)22(29-24-30-25(2,3)12-37-24)28-20(19(21)26)17-14(27)6-5-7-15(17)33/h4-7,13,33H,1,8-12H2,2-3H3,(H,28,29,30)/t13-/m1/s1. The van der Waals surface area contributed by atoms with Gasteiger partial charge >= 0.3 is 0 Å². The molecule has 1 fully saturated rings. The molecule has 3 aliphatic rings. The maximum absolute atomic E-state index is 14.8. The first-order chi connectivity index (χ1) is 17.6. The van der Waals surface area contributed by atoms with Gasteiger partial charge in [-0.1, -0.05) is 24.2 Å². The Morgan fingerprint density at radius 1 is 1.32 bits per heavy atom. The van der Waals surface area contributed by atoms with Crippen LogP contribution in [0.2, 0.25) is 5.02 Å². The molecule has 12 heteroatoms. The first-order valence-corrected chi connectivity index (χ1v) is 12.0. The van der Waals surface area contributed by atoms with E-state index >= 15 is 0 Å². The van der Waals surface area contributed by atoms with Crippen LogP contribution in [0, 0.1) is 5.82 Å². The number of aromatic hydroxyl groups is 1. The zero-order valence-corrected chi connectivity index (χ0v) is 21.0. The van der Waals surface area contributed by atoms with E-state index in [1.54, 1.807) is 9.80 Å². The number of fused-ring (bicyclic) bond motifs is 2. The summed E-state index contributed by atoms with van der Waals surface area (Å²) in [6.07, 6.45) is 1.23. The largest absolute Gasteiger partial charge is 0.507 e. The predicted octanol–water partition coefficient (Wildman–Crippen LogP) is 3.05. The zero-order valence-electron chi connectivity index (χ0n) is 20.3. The van der Waals surface area contributed by atoms with Gasteiger partial charge in [0, 0.05) is 19.6 Å². The summed E-state index contributed by atoms with van der Waals surface area (Å²) in [5, 5.41) is 13.2. The minimum absolute atomic E-state index is 0.0104. The highest BCUT2D eigenvalue weighted by Crippen LogP contribution is 2.45. The van der Waals surface area contributed by atoms with Crippen LogP contribution in [-0.2, 0) is 9.53 Å². The molecule has 194 valence electrons. The number of benzene rings is 1. The van der Waals surface area contributed by atoms with Crippen molar-refractivity contribution in [2.24, 2.45) is 4.99 Å². The summed E-state index contributed by atoms with van der Waals surface area (Å²) in [6, 6.07) is 3.48. The molecule has 0 aliphatic carbocycles. The Labute approximate surface area is 217 Å². The number of nitrogens with one attached hydrogen (secondary N) is 1. The Morgan fingerprint density at radius 2 is 2.11 bits per heavy atom. The van der Waals surface area contributed by atoms with Crippen LogP contribution in [0.5, 0.6) is 11.5 Å².